The summed E-state index contributed by atoms with van der Waals surface area (Å²) >= 11 is 0. The minimum Gasteiger partial charge on any atom is -0.336 e. The summed E-state index contributed by atoms with van der Waals surface area (Å²) in [6, 6.07) is 12.7. The second kappa shape index (κ2) is 7.53. The predicted molar refractivity (Wildman–Crippen MR) is 90.7 cm³/mol. The Morgan fingerprint density at radius 1 is 1.00 bits per heavy atom. The molecule has 0 atom stereocenters. The van der Waals surface area contributed by atoms with Crippen LogP contribution in [0.5, 0.6) is 0 Å². The number of hydrogen-bond acceptors (Lipinski definition) is 5. The SMILES string of the molecule is N#Cc1cccc(NC(=O)c2ccc(Nc3ccc(F)c(F)c3F)nn2)c1. The zero-order valence-electron chi connectivity index (χ0n) is 13.5. The average molecular weight is 369 g/mol. The van der Waals surface area contributed by atoms with Crippen LogP contribution in [-0.2, 0) is 0 Å². The van der Waals surface area contributed by atoms with E-state index >= 15 is 0 Å². The number of rotatable bonds is 4. The van der Waals surface area contributed by atoms with Crippen molar-refractivity contribution in [3.63, 3.8) is 0 Å². The topological polar surface area (TPSA) is 90.7 Å². The molecule has 0 fully saturated rings. The fourth-order valence-electron chi connectivity index (χ4n) is 2.14. The molecular formula is C18H10F3N5O. The van der Waals surface area contributed by atoms with Gasteiger partial charge in [0.25, 0.3) is 5.91 Å². The van der Waals surface area contributed by atoms with Gasteiger partial charge in [-0.2, -0.15) is 5.26 Å². The van der Waals surface area contributed by atoms with Crippen LogP contribution in [-0.4, -0.2) is 16.1 Å². The van der Waals surface area contributed by atoms with Crippen molar-refractivity contribution in [1.82, 2.24) is 10.2 Å². The lowest BCUT2D eigenvalue weighted by Crippen LogP contribution is -2.14. The zero-order chi connectivity index (χ0) is 19.4. The van der Waals surface area contributed by atoms with Crippen molar-refractivity contribution in [2.24, 2.45) is 0 Å². The molecule has 6 nitrogen and oxygen atoms in total. The van der Waals surface area contributed by atoms with E-state index in [0.29, 0.717) is 11.3 Å². The molecule has 3 rings (SSSR count). The maximum Gasteiger partial charge on any atom is 0.276 e. The van der Waals surface area contributed by atoms with Gasteiger partial charge in [-0.05, 0) is 42.5 Å². The van der Waals surface area contributed by atoms with Crippen LogP contribution < -0.4 is 10.6 Å². The predicted octanol–water partition coefficient (Wildman–Crippen LogP) is 3.76. The summed E-state index contributed by atoms with van der Waals surface area (Å²) in [6.07, 6.45) is 0. The summed E-state index contributed by atoms with van der Waals surface area (Å²) in [7, 11) is 0. The Morgan fingerprint density at radius 2 is 1.81 bits per heavy atom. The van der Waals surface area contributed by atoms with Gasteiger partial charge < -0.3 is 10.6 Å². The van der Waals surface area contributed by atoms with Crippen LogP contribution in [0.15, 0.2) is 48.5 Å². The third-order valence-corrected chi connectivity index (χ3v) is 3.44. The molecule has 0 bridgehead atoms. The number of nitrogens with zero attached hydrogens (tertiary/aromatic N) is 3. The summed E-state index contributed by atoms with van der Waals surface area (Å²) in [5.41, 5.74) is 0.432. The third-order valence-electron chi connectivity index (χ3n) is 3.44. The molecule has 0 aliphatic carbocycles. The van der Waals surface area contributed by atoms with Crippen LogP contribution in [0.4, 0.5) is 30.4 Å². The van der Waals surface area contributed by atoms with Gasteiger partial charge in [-0.25, -0.2) is 13.2 Å². The van der Waals surface area contributed by atoms with E-state index in [1.807, 2.05) is 6.07 Å². The number of amides is 1. The lowest BCUT2D eigenvalue weighted by atomic mass is 10.2. The first-order valence-electron chi connectivity index (χ1n) is 7.53. The summed E-state index contributed by atoms with van der Waals surface area (Å²) < 4.78 is 39.8. The Morgan fingerprint density at radius 3 is 2.52 bits per heavy atom. The Bertz CT molecular complexity index is 1050. The standard InChI is InChI=1S/C18H10F3N5O/c19-12-4-5-13(17(21)16(12)20)24-15-7-6-14(25-26-15)18(27)23-11-3-1-2-10(8-11)9-22/h1-8H,(H,23,27)(H,24,26). The molecule has 0 saturated carbocycles. The second-order valence-electron chi connectivity index (χ2n) is 5.30. The van der Waals surface area contributed by atoms with Crippen molar-refractivity contribution in [3.05, 3.63) is 77.2 Å². The maximum absolute atomic E-state index is 13.6. The molecule has 0 spiro atoms. The van der Waals surface area contributed by atoms with Crippen molar-refractivity contribution in [2.75, 3.05) is 10.6 Å². The lowest BCUT2D eigenvalue weighted by molar-refractivity contribution is 0.102. The maximum atomic E-state index is 13.6. The van der Waals surface area contributed by atoms with Crippen LogP contribution in [0.1, 0.15) is 16.1 Å². The summed E-state index contributed by atoms with van der Waals surface area (Å²) in [6.45, 7) is 0. The molecule has 2 N–H and O–H groups in total. The molecule has 0 radical (unpaired) electrons. The van der Waals surface area contributed by atoms with Crippen LogP contribution in [0.2, 0.25) is 0 Å². The number of nitriles is 1. The zero-order valence-corrected chi connectivity index (χ0v) is 13.5. The van der Waals surface area contributed by atoms with Crippen molar-refractivity contribution in [3.8, 4) is 6.07 Å². The molecule has 9 heteroatoms. The van der Waals surface area contributed by atoms with E-state index in [0.717, 1.165) is 12.1 Å². The van der Waals surface area contributed by atoms with E-state index in [1.54, 1.807) is 18.2 Å². The molecule has 1 aromatic heterocycles. The number of carbonyl (C=O) groups is 1. The van der Waals surface area contributed by atoms with Gasteiger partial charge in [0.1, 0.15) is 0 Å². The van der Waals surface area contributed by atoms with Gasteiger partial charge in [-0.15, -0.1) is 10.2 Å². The van der Waals surface area contributed by atoms with Gasteiger partial charge in [0.15, 0.2) is 29.0 Å². The van der Waals surface area contributed by atoms with Gasteiger partial charge in [-0.1, -0.05) is 6.07 Å². The van der Waals surface area contributed by atoms with E-state index in [2.05, 4.69) is 20.8 Å². The number of nitrogens with one attached hydrogen (secondary N) is 2. The smallest absolute Gasteiger partial charge is 0.276 e. The monoisotopic (exact) mass is 369 g/mol. The molecule has 0 aliphatic heterocycles. The Kier molecular flexibility index (Phi) is 4.99. The minimum atomic E-state index is -1.61. The number of halogens is 3. The summed E-state index contributed by atoms with van der Waals surface area (Å²) in [5, 5.41) is 21.3. The molecule has 134 valence electrons. The molecule has 27 heavy (non-hydrogen) atoms. The largest absolute Gasteiger partial charge is 0.336 e. The molecule has 2 aromatic carbocycles. The van der Waals surface area contributed by atoms with E-state index in [-0.39, 0.29) is 17.2 Å². The number of aromatic nitrogens is 2. The molecule has 0 unspecified atom stereocenters. The lowest BCUT2D eigenvalue weighted by Gasteiger charge is -2.08. The molecule has 0 aliphatic rings. The fourth-order valence-corrected chi connectivity index (χ4v) is 2.14. The molecule has 1 amide bonds. The first-order valence-corrected chi connectivity index (χ1v) is 7.53. The highest BCUT2D eigenvalue weighted by Crippen LogP contribution is 2.22. The molecular weight excluding hydrogens is 359 g/mol. The van der Waals surface area contributed by atoms with E-state index in [1.165, 1.54) is 18.2 Å². The van der Waals surface area contributed by atoms with Crippen molar-refractivity contribution in [1.29, 1.82) is 5.26 Å². The van der Waals surface area contributed by atoms with Crippen LogP contribution in [0, 0.1) is 28.8 Å². The van der Waals surface area contributed by atoms with E-state index in [9.17, 15) is 18.0 Å². The van der Waals surface area contributed by atoms with Crippen molar-refractivity contribution < 1.29 is 18.0 Å². The first-order chi connectivity index (χ1) is 13.0. The molecule has 3 aromatic rings. The van der Waals surface area contributed by atoms with E-state index < -0.39 is 23.4 Å². The highest BCUT2D eigenvalue weighted by Gasteiger charge is 2.14. The quantitative estimate of drug-likeness (QED) is 0.684. The number of hydrogen-bond donors (Lipinski definition) is 2. The molecule has 1 heterocycles. The molecule has 0 saturated heterocycles. The number of anilines is 3. The summed E-state index contributed by atoms with van der Waals surface area (Å²) in [4.78, 5) is 12.2. The van der Waals surface area contributed by atoms with Gasteiger partial charge in [0.05, 0.1) is 17.3 Å². The third kappa shape index (κ3) is 4.01. The van der Waals surface area contributed by atoms with E-state index in [4.69, 9.17) is 5.26 Å². The van der Waals surface area contributed by atoms with Gasteiger partial charge >= 0.3 is 0 Å². The van der Waals surface area contributed by atoms with Crippen molar-refractivity contribution in [2.45, 2.75) is 0 Å². The number of carbonyl (C=O) groups excluding carboxylic acids is 1. The van der Waals surface area contributed by atoms with Crippen LogP contribution in [0.3, 0.4) is 0 Å². The van der Waals surface area contributed by atoms with Crippen LogP contribution in [0.25, 0.3) is 0 Å². The normalized spacial score (nSPS) is 10.1. The average Bonchev–Trinajstić information content (AvgIpc) is 2.69. The van der Waals surface area contributed by atoms with Gasteiger partial charge in [-0.3, -0.25) is 4.79 Å². The van der Waals surface area contributed by atoms with Gasteiger partial charge in [0.2, 0.25) is 0 Å². The Labute approximate surface area is 151 Å². The fraction of sp³-hybridized carbons (Fsp3) is 0. The number of benzene rings is 2. The summed E-state index contributed by atoms with van der Waals surface area (Å²) in [5.74, 6) is -4.85. The minimum absolute atomic E-state index is 0.0305. The first kappa shape index (κ1) is 17.9. The Hall–Kier alpha value is -3.93. The highest BCUT2D eigenvalue weighted by molar-refractivity contribution is 6.02. The van der Waals surface area contributed by atoms with Crippen molar-refractivity contribution >= 4 is 23.1 Å². The highest BCUT2D eigenvalue weighted by atomic mass is 19.2. The second-order valence-corrected chi connectivity index (χ2v) is 5.30. The van der Waals surface area contributed by atoms with Gasteiger partial charge in [0, 0.05) is 5.69 Å². The Balaban J connectivity index is 1.72. The van der Waals surface area contributed by atoms with Crippen LogP contribution >= 0.6 is 0 Å².